The van der Waals surface area contributed by atoms with E-state index in [1.807, 2.05) is 36.7 Å². The first-order valence-corrected chi connectivity index (χ1v) is 11.2. The van der Waals surface area contributed by atoms with Crippen LogP contribution in [0.4, 0.5) is 5.69 Å². The molecule has 0 bridgehead atoms. The Kier molecular flexibility index (Phi) is 5.48. The van der Waals surface area contributed by atoms with E-state index in [1.54, 1.807) is 30.5 Å². The number of rotatable bonds is 5. The van der Waals surface area contributed by atoms with E-state index in [4.69, 9.17) is 4.74 Å². The SMILES string of the molecule is COc1ccccc1S(=O)(=O)N1CCN(c2c(C)nn(-c3ccccn3)c2C)CC1. The number of piperazine rings is 1. The fraction of sp³-hybridized carbons (Fsp3) is 0.333. The number of ether oxygens (including phenoxy) is 1. The molecule has 3 heterocycles. The molecule has 158 valence electrons. The molecule has 2 aromatic heterocycles. The summed E-state index contributed by atoms with van der Waals surface area (Å²) < 4.78 is 34.9. The molecule has 1 saturated heterocycles. The molecule has 0 atom stereocenters. The maximum absolute atomic E-state index is 13.1. The van der Waals surface area contributed by atoms with Gasteiger partial charge in [-0.05, 0) is 38.1 Å². The number of sulfonamides is 1. The smallest absolute Gasteiger partial charge is 0.246 e. The Bertz CT molecular complexity index is 1140. The minimum absolute atomic E-state index is 0.205. The molecule has 1 aliphatic heterocycles. The lowest BCUT2D eigenvalue weighted by atomic mass is 10.2. The molecule has 0 aliphatic carbocycles. The standard InChI is InChI=1S/C21H25N5O3S/c1-16-21(17(2)26(23-16)20-10-6-7-11-22-20)24-12-14-25(15-13-24)30(27,28)19-9-5-4-8-18(19)29-3/h4-11H,12-15H2,1-3H3. The highest BCUT2D eigenvalue weighted by Crippen LogP contribution is 2.30. The number of hydrogen-bond acceptors (Lipinski definition) is 6. The second kappa shape index (κ2) is 8.08. The summed E-state index contributed by atoms with van der Waals surface area (Å²) in [7, 11) is -2.13. The Morgan fingerprint density at radius 1 is 0.967 bits per heavy atom. The zero-order valence-corrected chi connectivity index (χ0v) is 18.1. The van der Waals surface area contributed by atoms with Gasteiger partial charge in [0, 0.05) is 32.4 Å². The van der Waals surface area contributed by atoms with Crippen LogP contribution >= 0.6 is 0 Å². The Morgan fingerprint density at radius 3 is 2.33 bits per heavy atom. The number of aryl methyl sites for hydroxylation is 1. The number of anilines is 1. The number of para-hydroxylation sites is 1. The average Bonchev–Trinajstić information content (AvgIpc) is 3.08. The summed E-state index contributed by atoms with van der Waals surface area (Å²) in [5.41, 5.74) is 2.93. The second-order valence-electron chi connectivity index (χ2n) is 7.16. The lowest BCUT2D eigenvalue weighted by Crippen LogP contribution is -2.49. The van der Waals surface area contributed by atoms with Crippen LogP contribution in [0.2, 0.25) is 0 Å². The van der Waals surface area contributed by atoms with Gasteiger partial charge in [-0.3, -0.25) is 0 Å². The van der Waals surface area contributed by atoms with Gasteiger partial charge < -0.3 is 9.64 Å². The zero-order valence-electron chi connectivity index (χ0n) is 17.3. The maximum Gasteiger partial charge on any atom is 0.246 e. The molecule has 4 rings (SSSR count). The lowest BCUT2D eigenvalue weighted by molar-refractivity contribution is 0.374. The van der Waals surface area contributed by atoms with Crippen molar-refractivity contribution in [3.63, 3.8) is 0 Å². The van der Waals surface area contributed by atoms with E-state index in [2.05, 4.69) is 15.0 Å². The molecular formula is C21H25N5O3S. The monoisotopic (exact) mass is 427 g/mol. The Hall–Kier alpha value is -2.91. The predicted molar refractivity (Wildman–Crippen MR) is 115 cm³/mol. The van der Waals surface area contributed by atoms with Crippen molar-refractivity contribution < 1.29 is 13.2 Å². The summed E-state index contributed by atoms with van der Waals surface area (Å²) in [6, 6.07) is 12.5. The normalized spacial score (nSPS) is 15.4. The van der Waals surface area contributed by atoms with E-state index < -0.39 is 10.0 Å². The van der Waals surface area contributed by atoms with E-state index in [0.29, 0.717) is 31.9 Å². The molecule has 0 saturated carbocycles. The van der Waals surface area contributed by atoms with Crippen molar-refractivity contribution in [2.24, 2.45) is 0 Å². The first-order valence-electron chi connectivity index (χ1n) is 9.79. The Balaban J connectivity index is 1.55. The molecule has 0 radical (unpaired) electrons. The number of benzene rings is 1. The van der Waals surface area contributed by atoms with Gasteiger partial charge in [0.25, 0.3) is 0 Å². The number of methoxy groups -OCH3 is 1. The van der Waals surface area contributed by atoms with Crippen LogP contribution in [0.15, 0.2) is 53.6 Å². The molecule has 0 spiro atoms. The third kappa shape index (κ3) is 3.54. The van der Waals surface area contributed by atoms with Crippen molar-refractivity contribution in [2.75, 3.05) is 38.2 Å². The van der Waals surface area contributed by atoms with Gasteiger partial charge in [-0.25, -0.2) is 18.1 Å². The number of pyridine rings is 1. The van der Waals surface area contributed by atoms with Gasteiger partial charge in [0.1, 0.15) is 10.6 Å². The highest BCUT2D eigenvalue weighted by atomic mass is 32.2. The van der Waals surface area contributed by atoms with Gasteiger partial charge in [0.2, 0.25) is 10.0 Å². The largest absolute Gasteiger partial charge is 0.495 e. The molecule has 3 aromatic rings. The van der Waals surface area contributed by atoms with Crippen molar-refractivity contribution in [1.82, 2.24) is 19.1 Å². The van der Waals surface area contributed by atoms with Crippen molar-refractivity contribution in [3.8, 4) is 11.6 Å². The third-order valence-corrected chi connectivity index (χ3v) is 7.30. The van der Waals surface area contributed by atoms with Crippen LogP contribution in [0.25, 0.3) is 5.82 Å². The van der Waals surface area contributed by atoms with Crippen LogP contribution in [0.5, 0.6) is 5.75 Å². The third-order valence-electron chi connectivity index (χ3n) is 5.36. The number of hydrogen-bond donors (Lipinski definition) is 0. The Morgan fingerprint density at radius 2 is 1.67 bits per heavy atom. The van der Waals surface area contributed by atoms with E-state index in [9.17, 15) is 8.42 Å². The summed E-state index contributed by atoms with van der Waals surface area (Å²) >= 11 is 0. The zero-order chi connectivity index (χ0) is 21.3. The van der Waals surface area contributed by atoms with E-state index in [0.717, 1.165) is 22.9 Å². The van der Waals surface area contributed by atoms with Crippen molar-refractivity contribution in [2.45, 2.75) is 18.7 Å². The van der Waals surface area contributed by atoms with Crippen LogP contribution in [-0.2, 0) is 10.0 Å². The number of nitrogens with zero attached hydrogens (tertiary/aromatic N) is 5. The van der Waals surface area contributed by atoms with Gasteiger partial charge in [0.05, 0.1) is 24.2 Å². The van der Waals surface area contributed by atoms with Gasteiger partial charge in [-0.1, -0.05) is 18.2 Å². The molecule has 0 unspecified atom stereocenters. The summed E-state index contributed by atoms with van der Waals surface area (Å²) in [5.74, 6) is 1.13. The van der Waals surface area contributed by atoms with Crippen molar-refractivity contribution in [1.29, 1.82) is 0 Å². The second-order valence-corrected chi connectivity index (χ2v) is 9.07. The highest BCUT2D eigenvalue weighted by molar-refractivity contribution is 7.89. The Labute approximate surface area is 176 Å². The minimum atomic E-state index is -3.62. The van der Waals surface area contributed by atoms with Gasteiger partial charge in [-0.15, -0.1) is 0 Å². The minimum Gasteiger partial charge on any atom is -0.495 e. The van der Waals surface area contributed by atoms with E-state index >= 15 is 0 Å². The molecule has 1 aromatic carbocycles. The van der Waals surface area contributed by atoms with Crippen molar-refractivity contribution in [3.05, 3.63) is 60.0 Å². The molecule has 0 N–H and O–H groups in total. The molecule has 1 aliphatic rings. The lowest BCUT2D eigenvalue weighted by Gasteiger charge is -2.35. The molecule has 1 fully saturated rings. The first-order chi connectivity index (χ1) is 14.4. The van der Waals surface area contributed by atoms with E-state index in [-0.39, 0.29) is 4.90 Å². The van der Waals surface area contributed by atoms with Crippen LogP contribution < -0.4 is 9.64 Å². The summed E-state index contributed by atoms with van der Waals surface area (Å²) in [6.07, 6.45) is 1.74. The predicted octanol–water partition coefficient (Wildman–Crippen LogP) is 2.40. The molecule has 9 heteroatoms. The van der Waals surface area contributed by atoms with Crippen molar-refractivity contribution >= 4 is 15.7 Å². The molecular weight excluding hydrogens is 402 g/mol. The fourth-order valence-electron chi connectivity index (χ4n) is 3.92. The van der Waals surface area contributed by atoms with Crippen LogP contribution in [0, 0.1) is 13.8 Å². The average molecular weight is 428 g/mol. The van der Waals surface area contributed by atoms with Gasteiger partial charge >= 0.3 is 0 Å². The topological polar surface area (TPSA) is 80.6 Å². The summed E-state index contributed by atoms with van der Waals surface area (Å²) in [4.78, 5) is 6.79. The van der Waals surface area contributed by atoms with Gasteiger partial charge in [-0.2, -0.15) is 9.40 Å². The van der Waals surface area contributed by atoms with Crippen LogP contribution in [0.1, 0.15) is 11.4 Å². The quantitative estimate of drug-likeness (QED) is 0.622. The number of aromatic nitrogens is 3. The highest BCUT2D eigenvalue weighted by Gasteiger charge is 2.32. The molecule has 30 heavy (non-hydrogen) atoms. The maximum atomic E-state index is 13.1. The molecule has 0 amide bonds. The van der Waals surface area contributed by atoms with E-state index in [1.165, 1.54) is 11.4 Å². The van der Waals surface area contributed by atoms with Crippen LogP contribution in [0.3, 0.4) is 0 Å². The summed E-state index contributed by atoms with van der Waals surface area (Å²) in [5, 5.41) is 4.66. The van der Waals surface area contributed by atoms with Crippen LogP contribution in [-0.4, -0.2) is 60.8 Å². The first kappa shape index (κ1) is 20.4. The summed E-state index contributed by atoms with van der Waals surface area (Å²) in [6.45, 7) is 5.96. The molecule has 8 nitrogen and oxygen atoms in total. The fourth-order valence-corrected chi connectivity index (χ4v) is 5.50. The van der Waals surface area contributed by atoms with Gasteiger partial charge in [0.15, 0.2) is 5.82 Å².